The van der Waals surface area contributed by atoms with Crippen molar-refractivity contribution >= 4 is 23.1 Å². The van der Waals surface area contributed by atoms with Gasteiger partial charge in [0.05, 0.1) is 18.0 Å². The maximum atomic E-state index is 13.4. The predicted octanol–water partition coefficient (Wildman–Crippen LogP) is 1.69. The normalized spacial score (nSPS) is 22.5. The maximum Gasteiger partial charge on any atom is 0.278 e. The number of fused-ring (bicyclic) bond motifs is 1. The smallest absolute Gasteiger partial charge is 0.278 e. The Morgan fingerprint density at radius 3 is 2.70 bits per heavy atom. The highest BCUT2D eigenvalue weighted by Gasteiger charge is 2.28. The fourth-order valence-electron chi connectivity index (χ4n) is 4.47. The van der Waals surface area contributed by atoms with E-state index in [-0.39, 0.29) is 18.2 Å². The van der Waals surface area contributed by atoms with Crippen LogP contribution in [0.5, 0.6) is 0 Å². The average molecular weight is 463 g/mol. The van der Waals surface area contributed by atoms with E-state index in [0.717, 1.165) is 57.7 Å². The number of aromatic nitrogens is 3. The van der Waals surface area contributed by atoms with E-state index in [1.807, 2.05) is 6.07 Å². The van der Waals surface area contributed by atoms with Crippen molar-refractivity contribution in [3.63, 3.8) is 0 Å². The van der Waals surface area contributed by atoms with Gasteiger partial charge in [-0.3, -0.25) is 4.79 Å². The zero-order valence-electron chi connectivity index (χ0n) is 18.9. The maximum absolute atomic E-state index is 13.4. The molecule has 2 aromatic heterocycles. The fourth-order valence-corrected chi connectivity index (χ4v) is 4.47. The van der Waals surface area contributed by atoms with Crippen LogP contribution in [0.4, 0.5) is 14.6 Å². The summed E-state index contributed by atoms with van der Waals surface area (Å²) in [7, 11) is 0. The lowest BCUT2D eigenvalue weighted by molar-refractivity contribution is 0.0944. The van der Waals surface area contributed by atoms with E-state index in [2.05, 4.69) is 37.9 Å². The van der Waals surface area contributed by atoms with Crippen LogP contribution in [0.3, 0.4) is 0 Å². The summed E-state index contributed by atoms with van der Waals surface area (Å²) in [6.07, 6.45) is 4.30. The van der Waals surface area contributed by atoms with Crippen LogP contribution in [0.25, 0.3) is 5.65 Å². The van der Waals surface area contributed by atoms with Gasteiger partial charge in [-0.25, -0.2) is 18.3 Å². The summed E-state index contributed by atoms with van der Waals surface area (Å²) in [6.45, 7) is 5.61. The number of carbonyl (C=O) groups is 1. The van der Waals surface area contributed by atoms with Crippen molar-refractivity contribution in [1.82, 2.24) is 30.5 Å². The highest BCUT2D eigenvalue weighted by Crippen LogP contribution is 2.23. The van der Waals surface area contributed by atoms with E-state index in [4.69, 9.17) is 5.41 Å². The molecule has 1 amide bonds. The number of amides is 1. The molecule has 2 aromatic rings. The van der Waals surface area contributed by atoms with Gasteiger partial charge in [0, 0.05) is 45.0 Å². The molecular weight excluding hydrogens is 430 g/mol. The zero-order chi connectivity index (χ0) is 23.4. The molecule has 4 rings (SSSR count). The van der Waals surface area contributed by atoms with Crippen molar-refractivity contribution in [2.45, 2.75) is 51.1 Å². The molecule has 0 radical (unpaired) electrons. The minimum absolute atomic E-state index is 0.0899. The van der Waals surface area contributed by atoms with Gasteiger partial charge in [-0.1, -0.05) is 6.92 Å². The van der Waals surface area contributed by atoms with Gasteiger partial charge in [-0.15, -0.1) is 0 Å². The molecule has 1 aliphatic carbocycles. The van der Waals surface area contributed by atoms with Gasteiger partial charge >= 0.3 is 0 Å². The Labute approximate surface area is 191 Å². The van der Waals surface area contributed by atoms with E-state index < -0.39 is 24.1 Å². The molecule has 1 unspecified atom stereocenters. The summed E-state index contributed by atoms with van der Waals surface area (Å²) in [5.41, 5.74) is -0.239. The van der Waals surface area contributed by atoms with Crippen LogP contribution in [0, 0.1) is 11.3 Å². The number of hydrogen-bond donors (Lipinski definition) is 4. The molecule has 0 bridgehead atoms. The zero-order valence-corrected chi connectivity index (χ0v) is 18.9. The van der Waals surface area contributed by atoms with Crippen LogP contribution in [0.2, 0.25) is 0 Å². The number of alkyl halides is 2. The molecule has 33 heavy (non-hydrogen) atoms. The van der Waals surface area contributed by atoms with Crippen molar-refractivity contribution in [3.8, 4) is 0 Å². The summed E-state index contributed by atoms with van der Waals surface area (Å²) in [5.74, 6) is 0.847. The number of anilines is 1. The molecule has 180 valence electrons. The lowest BCUT2D eigenvalue weighted by Crippen LogP contribution is -2.51. The Balaban J connectivity index is 1.47. The SMILES string of the molecule is CC1CCC(NCC(NC(=O)c2cnn3ccc(N4CCNCC4)nc23)C(=N)C(F)F)CC1. The Morgan fingerprint density at radius 1 is 1.27 bits per heavy atom. The van der Waals surface area contributed by atoms with Crippen LogP contribution in [-0.2, 0) is 0 Å². The van der Waals surface area contributed by atoms with Crippen molar-refractivity contribution in [2.24, 2.45) is 5.92 Å². The van der Waals surface area contributed by atoms with E-state index in [1.165, 1.54) is 10.7 Å². The van der Waals surface area contributed by atoms with Crippen molar-refractivity contribution in [1.29, 1.82) is 5.41 Å². The molecule has 2 aliphatic rings. The number of nitrogens with one attached hydrogen (secondary N) is 4. The summed E-state index contributed by atoms with van der Waals surface area (Å²) >= 11 is 0. The number of rotatable bonds is 8. The van der Waals surface area contributed by atoms with Crippen LogP contribution < -0.4 is 20.9 Å². The molecule has 1 saturated heterocycles. The van der Waals surface area contributed by atoms with E-state index in [9.17, 15) is 13.6 Å². The van der Waals surface area contributed by atoms with E-state index in [0.29, 0.717) is 11.6 Å². The molecule has 11 heteroatoms. The second-order valence-electron chi connectivity index (χ2n) is 9.00. The number of carbonyl (C=O) groups excluding carboxylic acids is 1. The first kappa shape index (κ1) is 23.5. The number of piperazine rings is 1. The molecule has 3 heterocycles. The van der Waals surface area contributed by atoms with E-state index >= 15 is 0 Å². The quantitative estimate of drug-likeness (QED) is 0.445. The minimum Gasteiger partial charge on any atom is -0.354 e. The number of hydrogen-bond acceptors (Lipinski definition) is 7. The largest absolute Gasteiger partial charge is 0.354 e. The molecular formula is C22H32F2N8O. The molecule has 9 nitrogen and oxygen atoms in total. The molecule has 1 aliphatic heterocycles. The highest BCUT2D eigenvalue weighted by molar-refractivity contribution is 6.03. The Bertz CT molecular complexity index is 966. The lowest BCUT2D eigenvalue weighted by atomic mass is 9.87. The Morgan fingerprint density at radius 2 is 2.00 bits per heavy atom. The van der Waals surface area contributed by atoms with Crippen molar-refractivity contribution in [2.75, 3.05) is 37.6 Å². The monoisotopic (exact) mass is 462 g/mol. The van der Waals surface area contributed by atoms with Crippen LogP contribution in [-0.4, -0.2) is 77.4 Å². The molecule has 1 saturated carbocycles. The summed E-state index contributed by atoms with van der Waals surface area (Å²) in [4.78, 5) is 19.8. The minimum atomic E-state index is -2.94. The summed E-state index contributed by atoms with van der Waals surface area (Å²) in [5, 5.41) is 21.2. The Hall–Kier alpha value is -2.66. The third-order valence-corrected chi connectivity index (χ3v) is 6.58. The Kier molecular flexibility index (Phi) is 7.49. The van der Waals surface area contributed by atoms with Crippen LogP contribution >= 0.6 is 0 Å². The molecule has 2 fully saturated rings. The predicted molar refractivity (Wildman–Crippen MR) is 122 cm³/mol. The van der Waals surface area contributed by atoms with Gasteiger partial charge in [0.25, 0.3) is 12.3 Å². The van der Waals surface area contributed by atoms with Gasteiger partial charge in [-0.2, -0.15) is 5.10 Å². The van der Waals surface area contributed by atoms with Gasteiger partial charge in [-0.05, 0) is 37.7 Å². The van der Waals surface area contributed by atoms with Crippen molar-refractivity contribution in [3.05, 3.63) is 24.0 Å². The summed E-state index contributed by atoms with van der Waals surface area (Å²) in [6, 6.07) is 0.950. The topological polar surface area (TPSA) is 110 Å². The van der Waals surface area contributed by atoms with Crippen LogP contribution in [0.1, 0.15) is 43.0 Å². The van der Waals surface area contributed by atoms with Gasteiger partial charge in [0.1, 0.15) is 11.4 Å². The standard InChI is InChI=1S/C22H32F2N8O/c1-14-2-4-15(5-3-14)27-13-17(19(25)20(23)24)29-22(33)16-12-28-32-9-6-18(30-21(16)32)31-10-7-26-8-11-31/h6,9,12,14-15,17,20,25-27H,2-5,7-8,10-11,13H2,1H3,(H,29,33). The number of halogens is 2. The van der Waals surface area contributed by atoms with Gasteiger partial charge in [0.2, 0.25) is 0 Å². The highest BCUT2D eigenvalue weighted by atomic mass is 19.3. The average Bonchev–Trinajstić information content (AvgIpc) is 3.26. The van der Waals surface area contributed by atoms with Gasteiger partial charge in [0.15, 0.2) is 5.65 Å². The van der Waals surface area contributed by atoms with Crippen molar-refractivity contribution < 1.29 is 13.6 Å². The molecule has 0 spiro atoms. The fraction of sp³-hybridized carbons (Fsp3) is 0.636. The first-order valence-corrected chi connectivity index (χ1v) is 11.6. The second-order valence-corrected chi connectivity index (χ2v) is 9.00. The summed E-state index contributed by atoms with van der Waals surface area (Å²) < 4.78 is 28.2. The van der Waals surface area contributed by atoms with Gasteiger partial charge < -0.3 is 26.3 Å². The molecule has 0 aromatic carbocycles. The third kappa shape index (κ3) is 5.64. The first-order valence-electron chi connectivity index (χ1n) is 11.6. The lowest BCUT2D eigenvalue weighted by Gasteiger charge is -2.29. The van der Waals surface area contributed by atoms with E-state index in [1.54, 1.807) is 6.20 Å². The third-order valence-electron chi connectivity index (χ3n) is 6.58. The number of nitrogens with zero attached hydrogens (tertiary/aromatic N) is 4. The first-order chi connectivity index (χ1) is 15.9. The molecule has 1 atom stereocenters. The van der Waals surface area contributed by atoms with Crippen LogP contribution in [0.15, 0.2) is 18.5 Å². The molecule has 4 N–H and O–H groups in total. The second kappa shape index (κ2) is 10.5.